The molecule has 0 radical (unpaired) electrons. The van der Waals surface area contributed by atoms with Crippen LogP contribution < -0.4 is 21.3 Å². The molecule has 0 unspecified atom stereocenters. The van der Waals surface area contributed by atoms with Crippen molar-refractivity contribution in [1.82, 2.24) is 15.0 Å². The molecule has 0 aromatic carbocycles. The van der Waals surface area contributed by atoms with Gasteiger partial charge in [-0.15, -0.1) is 0 Å². The Kier molecular flexibility index (Phi) is 5.55. The van der Waals surface area contributed by atoms with Crippen LogP contribution in [0.5, 0.6) is 0 Å². The van der Waals surface area contributed by atoms with Crippen LogP contribution in [0.4, 0.5) is 11.8 Å². The second kappa shape index (κ2) is 7.87. The van der Waals surface area contributed by atoms with Crippen molar-refractivity contribution >= 4 is 17.7 Å². The summed E-state index contributed by atoms with van der Waals surface area (Å²) in [6.45, 7) is 7.17. The number of hydrogen-bond donors (Lipinski definition) is 2. The van der Waals surface area contributed by atoms with Crippen molar-refractivity contribution in [3.63, 3.8) is 0 Å². The standard InChI is InChI=1S/C19H27N7O/c1-14(2)13-19(21,17(20)27)15-6-8-23-18(24-15)26-11-9-25(10-12-26)16-5-3-4-7-22-16/h3-8,14H,9-13,21H2,1-2H3,(H2,20,27)/t19-/m1/s1. The second-order valence-electron chi connectivity index (χ2n) is 7.34. The van der Waals surface area contributed by atoms with Gasteiger partial charge in [0, 0.05) is 38.6 Å². The van der Waals surface area contributed by atoms with Gasteiger partial charge in [-0.2, -0.15) is 0 Å². The number of anilines is 2. The summed E-state index contributed by atoms with van der Waals surface area (Å²) in [6, 6.07) is 7.59. The predicted octanol–water partition coefficient (Wildman–Crippen LogP) is 0.884. The first-order valence-electron chi connectivity index (χ1n) is 9.23. The van der Waals surface area contributed by atoms with Gasteiger partial charge in [0.25, 0.3) is 0 Å². The molecule has 8 nitrogen and oxygen atoms in total. The highest BCUT2D eigenvalue weighted by atomic mass is 16.1. The maximum Gasteiger partial charge on any atom is 0.243 e. The maximum atomic E-state index is 12.1. The zero-order valence-electron chi connectivity index (χ0n) is 15.9. The Morgan fingerprint density at radius 3 is 2.41 bits per heavy atom. The molecular formula is C19H27N7O. The lowest BCUT2D eigenvalue weighted by Gasteiger charge is -2.36. The van der Waals surface area contributed by atoms with Gasteiger partial charge in [0.1, 0.15) is 11.4 Å². The highest BCUT2D eigenvalue weighted by molar-refractivity contribution is 5.85. The maximum absolute atomic E-state index is 12.1. The van der Waals surface area contributed by atoms with Crippen LogP contribution in [-0.2, 0) is 10.3 Å². The number of aromatic nitrogens is 3. The number of rotatable bonds is 6. The third-order valence-electron chi connectivity index (χ3n) is 4.81. The number of piperazine rings is 1. The summed E-state index contributed by atoms with van der Waals surface area (Å²) < 4.78 is 0. The number of amides is 1. The smallest absolute Gasteiger partial charge is 0.243 e. The van der Waals surface area contributed by atoms with Crippen molar-refractivity contribution < 1.29 is 4.79 Å². The van der Waals surface area contributed by atoms with E-state index in [1.54, 1.807) is 18.5 Å². The molecule has 0 spiro atoms. The molecule has 27 heavy (non-hydrogen) atoms. The molecule has 2 aromatic rings. The molecule has 0 aliphatic carbocycles. The Labute approximate surface area is 159 Å². The Morgan fingerprint density at radius 2 is 1.81 bits per heavy atom. The quantitative estimate of drug-likeness (QED) is 0.777. The zero-order chi connectivity index (χ0) is 19.4. The van der Waals surface area contributed by atoms with Crippen molar-refractivity contribution in [3.8, 4) is 0 Å². The average Bonchev–Trinajstić information content (AvgIpc) is 2.68. The number of hydrogen-bond acceptors (Lipinski definition) is 7. The molecule has 3 heterocycles. The van der Waals surface area contributed by atoms with Gasteiger partial charge in [0.15, 0.2) is 0 Å². The Bertz CT molecular complexity index is 775. The number of primary amides is 1. The van der Waals surface area contributed by atoms with E-state index in [0.29, 0.717) is 18.1 Å². The number of carbonyl (C=O) groups excluding carboxylic acids is 1. The van der Waals surface area contributed by atoms with Gasteiger partial charge >= 0.3 is 0 Å². The van der Waals surface area contributed by atoms with Crippen LogP contribution in [-0.4, -0.2) is 47.0 Å². The van der Waals surface area contributed by atoms with Crippen molar-refractivity contribution in [2.45, 2.75) is 25.8 Å². The van der Waals surface area contributed by atoms with Crippen LogP contribution in [0.15, 0.2) is 36.7 Å². The zero-order valence-corrected chi connectivity index (χ0v) is 15.9. The molecule has 3 rings (SSSR count). The summed E-state index contributed by atoms with van der Waals surface area (Å²) in [5.74, 6) is 1.19. The Balaban J connectivity index is 1.75. The van der Waals surface area contributed by atoms with Gasteiger partial charge in [-0.05, 0) is 30.5 Å². The molecule has 144 valence electrons. The van der Waals surface area contributed by atoms with Gasteiger partial charge < -0.3 is 21.3 Å². The van der Waals surface area contributed by atoms with Gasteiger partial charge in [0.05, 0.1) is 5.69 Å². The highest BCUT2D eigenvalue weighted by Crippen LogP contribution is 2.26. The van der Waals surface area contributed by atoms with Gasteiger partial charge in [-0.25, -0.2) is 15.0 Å². The summed E-state index contributed by atoms with van der Waals surface area (Å²) in [6.07, 6.45) is 3.88. The van der Waals surface area contributed by atoms with Crippen molar-refractivity contribution in [1.29, 1.82) is 0 Å². The van der Waals surface area contributed by atoms with Crippen molar-refractivity contribution in [3.05, 3.63) is 42.4 Å². The Hall–Kier alpha value is -2.74. The molecule has 1 atom stereocenters. The van der Waals surface area contributed by atoms with E-state index in [2.05, 4.69) is 24.8 Å². The van der Waals surface area contributed by atoms with E-state index in [1.165, 1.54) is 0 Å². The molecule has 1 amide bonds. The summed E-state index contributed by atoms with van der Waals surface area (Å²) in [5, 5.41) is 0. The molecule has 1 fully saturated rings. The van der Waals surface area contributed by atoms with E-state index in [1.807, 2.05) is 32.0 Å². The third kappa shape index (κ3) is 4.16. The first-order chi connectivity index (χ1) is 12.9. The van der Waals surface area contributed by atoms with E-state index < -0.39 is 11.4 Å². The van der Waals surface area contributed by atoms with Crippen LogP contribution in [0.2, 0.25) is 0 Å². The predicted molar refractivity (Wildman–Crippen MR) is 105 cm³/mol. The molecule has 1 aliphatic heterocycles. The number of carbonyl (C=O) groups is 1. The van der Waals surface area contributed by atoms with Crippen LogP contribution >= 0.6 is 0 Å². The van der Waals surface area contributed by atoms with E-state index in [-0.39, 0.29) is 5.92 Å². The fourth-order valence-corrected chi connectivity index (χ4v) is 3.40. The molecule has 0 bridgehead atoms. The minimum absolute atomic E-state index is 0.211. The van der Waals surface area contributed by atoms with E-state index in [4.69, 9.17) is 11.5 Å². The molecule has 0 saturated carbocycles. The second-order valence-corrected chi connectivity index (χ2v) is 7.34. The van der Waals surface area contributed by atoms with Crippen LogP contribution in [0.25, 0.3) is 0 Å². The van der Waals surface area contributed by atoms with Gasteiger partial charge in [-0.3, -0.25) is 4.79 Å². The van der Waals surface area contributed by atoms with E-state index in [0.717, 1.165) is 32.0 Å². The van der Waals surface area contributed by atoms with Crippen LogP contribution in [0.3, 0.4) is 0 Å². The lowest BCUT2D eigenvalue weighted by Crippen LogP contribution is -2.51. The first kappa shape index (κ1) is 19.0. The minimum Gasteiger partial charge on any atom is -0.368 e. The molecule has 2 aromatic heterocycles. The number of nitrogens with zero attached hydrogens (tertiary/aromatic N) is 5. The SMILES string of the molecule is CC(C)C[C@](N)(C(N)=O)c1ccnc(N2CCN(c3ccccn3)CC2)n1. The molecule has 4 N–H and O–H groups in total. The van der Waals surface area contributed by atoms with Crippen molar-refractivity contribution in [2.75, 3.05) is 36.0 Å². The van der Waals surface area contributed by atoms with Gasteiger partial charge in [0.2, 0.25) is 11.9 Å². The summed E-state index contributed by atoms with van der Waals surface area (Å²) in [4.78, 5) is 29.8. The van der Waals surface area contributed by atoms with Crippen LogP contribution in [0, 0.1) is 5.92 Å². The first-order valence-corrected chi connectivity index (χ1v) is 9.23. The summed E-state index contributed by atoms with van der Waals surface area (Å²) >= 11 is 0. The monoisotopic (exact) mass is 369 g/mol. The lowest BCUT2D eigenvalue weighted by molar-refractivity contribution is -0.124. The summed E-state index contributed by atoms with van der Waals surface area (Å²) in [7, 11) is 0. The van der Waals surface area contributed by atoms with Gasteiger partial charge in [-0.1, -0.05) is 19.9 Å². The third-order valence-corrected chi connectivity index (χ3v) is 4.81. The minimum atomic E-state index is -1.29. The highest BCUT2D eigenvalue weighted by Gasteiger charge is 2.37. The fraction of sp³-hybridized carbons (Fsp3) is 0.474. The molecule has 1 saturated heterocycles. The topological polar surface area (TPSA) is 114 Å². The number of pyridine rings is 1. The molecular weight excluding hydrogens is 342 g/mol. The van der Waals surface area contributed by atoms with E-state index >= 15 is 0 Å². The molecule has 8 heteroatoms. The summed E-state index contributed by atoms with van der Waals surface area (Å²) in [5.41, 5.74) is 11.2. The van der Waals surface area contributed by atoms with E-state index in [9.17, 15) is 4.79 Å². The van der Waals surface area contributed by atoms with Crippen molar-refractivity contribution in [2.24, 2.45) is 17.4 Å². The largest absolute Gasteiger partial charge is 0.368 e. The van der Waals surface area contributed by atoms with Crippen LogP contribution in [0.1, 0.15) is 26.0 Å². The lowest BCUT2D eigenvalue weighted by atomic mass is 9.86. The number of nitrogens with two attached hydrogens (primary N) is 2. The fourth-order valence-electron chi connectivity index (χ4n) is 3.40. The normalized spacial score (nSPS) is 17.0. The Morgan fingerprint density at radius 1 is 1.11 bits per heavy atom. The molecule has 1 aliphatic rings. The average molecular weight is 369 g/mol.